The average Bonchev–Trinajstić information content (AvgIpc) is 3.17. The molecule has 14 heteroatoms. The molecule has 8 nitrogen and oxygen atoms in total. The van der Waals surface area contributed by atoms with Gasteiger partial charge in [-0.2, -0.15) is 36.5 Å². The maximum atomic E-state index is 13.3. The van der Waals surface area contributed by atoms with Crippen LogP contribution in [0.3, 0.4) is 0 Å². The highest BCUT2D eigenvalue weighted by Gasteiger charge is 2.38. The summed E-state index contributed by atoms with van der Waals surface area (Å²) in [6, 6.07) is 3.43. The van der Waals surface area contributed by atoms with E-state index in [1.54, 1.807) is 6.92 Å². The van der Waals surface area contributed by atoms with Crippen molar-refractivity contribution < 1.29 is 41.0 Å². The number of aliphatic hydroxyl groups is 1. The molecule has 1 N–H and O–H groups in total. The van der Waals surface area contributed by atoms with Crippen LogP contribution < -0.4 is 4.74 Å². The number of aromatic nitrogens is 5. The predicted molar refractivity (Wildman–Crippen MR) is 113 cm³/mol. The van der Waals surface area contributed by atoms with E-state index in [2.05, 4.69) is 20.3 Å². The normalized spacial score (nSPS) is 12.1. The minimum absolute atomic E-state index is 0.00243. The van der Waals surface area contributed by atoms with Crippen molar-refractivity contribution in [2.24, 2.45) is 7.05 Å². The first kappa shape index (κ1) is 27.0. The fourth-order valence-corrected chi connectivity index (χ4v) is 3.41. The number of ketones is 1. The molecule has 3 aromatic rings. The van der Waals surface area contributed by atoms with Crippen LogP contribution in [-0.4, -0.2) is 49.1 Å². The van der Waals surface area contributed by atoms with Gasteiger partial charge in [0, 0.05) is 32.2 Å². The summed E-state index contributed by atoms with van der Waals surface area (Å²) in [5.74, 6) is -0.773. The maximum absolute atomic E-state index is 13.3. The second kappa shape index (κ2) is 10.6. The number of ether oxygens (including phenoxy) is 1. The number of pyridine rings is 1. The van der Waals surface area contributed by atoms with Gasteiger partial charge in [0.25, 0.3) is 0 Å². The Morgan fingerprint density at radius 3 is 2.42 bits per heavy atom. The van der Waals surface area contributed by atoms with Crippen molar-refractivity contribution in [2.75, 3.05) is 13.2 Å². The highest BCUT2D eigenvalue weighted by Crippen LogP contribution is 2.36. The fourth-order valence-electron chi connectivity index (χ4n) is 3.41. The zero-order valence-electron chi connectivity index (χ0n) is 19.1. The fraction of sp³-hybridized carbons (Fsp3) is 0.409. The molecule has 0 radical (unpaired) electrons. The molecule has 0 bridgehead atoms. The van der Waals surface area contributed by atoms with Gasteiger partial charge in [-0.3, -0.25) is 9.48 Å². The molecule has 3 aromatic heterocycles. The molecular weight excluding hydrogens is 496 g/mol. The summed E-state index contributed by atoms with van der Waals surface area (Å²) in [6.45, 7) is 0.856. The second-order valence-electron chi connectivity index (χ2n) is 7.91. The summed E-state index contributed by atoms with van der Waals surface area (Å²) in [5, 5.41) is 20.1. The van der Waals surface area contributed by atoms with Gasteiger partial charge in [-0.05, 0) is 36.6 Å². The number of carbonyl (C=O) groups excluding carboxylic acids is 1. The third-order valence-corrected chi connectivity index (χ3v) is 4.94. The Balaban J connectivity index is 1.71. The molecule has 3 rings (SSSR count). The molecule has 0 saturated heterocycles. The van der Waals surface area contributed by atoms with Crippen LogP contribution in [0, 0.1) is 6.92 Å². The number of halogens is 6. The highest BCUT2D eigenvalue weighted by atomic mass is 19.4. The molecule has 0 unspecified atom stereocenters. The SMILES string of the molecule is Cc1cc(CCC(=O)Cc2cc(OCCO)nc(C(F)(F)F)c2)nnc1-c1cn(C)nc1C(F)(F)F. The summed E-state index contributed by atoms with van der Waals surface area (Å²) in [5.41, 5.74) is -1.80. The Morgan fingerprint density at radius 1 is 1.08 bits per heavy atom. The Bertz CT molecular complexity index is 1240. The van der Waals surface area contributed by atoms with Crippen molar-refractivity contribution >= 4 is 5.78 Å². The minimum atomic E-state index is -4.76. The smallest absolute Gasteiger partial charge is 0.435 e. The molecule has 0 aliphatic heterocycles. The minimum Gasteiger partial charge on any atom is -0.475 e. The lowest BCUT2D eigenvalue weighted by atomic mass is 10.0. The third-order valence-electron chi connectivity index (χ3n) is 4.94. The molecule has 0 amide bonds. The van der Waals surface area contributed by atoms with Crippen LogP contribution in [0.2, 0.25) is 0 Å². The lowest BCUT2D eigenvalue weighted by Gasteiger charge is -2.11. The number of hydrogen-bond donors (Lipinski definition) is 1. The van der Waals surface area contributed by atoms with Crippen molar-refractivity contribution in [3.63, 3.8) is 0 Å². The van der Waals surface area contributed by atoms with Gasteiger partial charge in [0.15, 0.2) is 5.69 Å². The quantitative estimate of drug-likeness (QED) is 0.432. The van der Waals surface area contributed by atoms with Crippen LogP contribution in [0.1, 0.15) is 34.6 Å². The number of rotatable bonds is 9. The Hall–Kier alpha value is -3.55. The lowest BCUT2D eigenvalue weighted by molar-refractivity contribution is -0.142. The topological polar surface area (TPSA) is 103 Å². The molecule has 194 valence electrons. The van der Waals surface area contributed by atoms with E-state index in [4.69, 9.17) is 9.84 Å². The van der Waals surface area contributed by atoms with Crippen LogP contribution in [0.15, 0.2) is 24.4 Å². The first-order chi connectivity index (χ1) is 16.8. The monoisotopic (exact) mass is 517 g/mol. The Labute approximate surface area is 200 Å². The first-order valence-corrected chi connectivity index (χ1v) is 10.6. The molecular formula is C22H21F6N5O3. The first-order valence-electron chi connectivity index (χ1n) is 10.6. The average molecular weight is 517 g/mol. The van der Waals surface area contributed by atoms with Gasteiger partial charge >= 0.3 is 12.4 Å². The molecule has 0 aliphatic rings. The van der Waals surface area contributed by atoms with Crippen LogP contribution in [-0.2, 0) is 37.0 Å². The molecule has 0 aliphatic carbocycles. The van der Waals surface area contributed by atoms with Crippen molar-refractivity contribution in [1.29, 1.82) is 0 Å². The highest BCUT2D eigenvalue weighted by molar-refractivity contribution is 5.81. The van der Waals surface area contributed by atoms with Crippen molar-refractivity contribution in [2.45, 2.75) is 38.5 Å². The van der Waals surface area contributed by atoms with E-state index >= 15 is 0 Å². The van der Waals surface area contributed by atoms with E-state index in [0.29, 0.717) is 11.3 Å². The number of aryl methyl sites for hydroxylation is 3. The summed E-state index contributed by atoms with van der Waals surface area (Å²) < 4.78 is 85.2. The molecule has 36 heavy (non-hydrogen) atoms. The zero-order chi connectivity index (χ0) is 26.7. The number of nitrogens with zero attached hydrogens (tertiary/aromatic N) is 5. The van der Waals surface area contributed by atoms with E-state index in [9.17, 15) is 31.1 Å². The van der Waals surface area contributed by atoms with Gasteiger partial charge in [0.1, 0.15) is 18.1 Å². The predicted octanol–water partition coefficient (Wildman–Crippen LogP) is 3.73. The van der Waals surface area contributed by atoms with E-state index in [1.807, 2.05) is 0 Å². The second-order valence-corrected chi connectivity index (χ2v) is 7.91. The van der Waals surface area contributed by atoms with Crippen LogP contribution >= 0.6 is 0 Å². The summed E-state index contributed by atoms with van der Waals surface area (Å²) in [4.78, 5) is 15.8. The van der Waals surface area contributed by atoms with Gasteiger partial charge in [-0.15, -0.1) is 5.10 Å². The summed E-state index contributed by atoms with van der Waals surface area (Å²) >= 11 is 0. The summed E-state index contributed by atoms with van der Waals surface area (Å²) in [6.07, 6.45) is -8.60. The molecule has 0 aromatic carbocycles. The van der Waals surface area contributed by atoms with Gasteiger partial charge in [-0.1, -0.05) is 0 Å². The van der Waals surface area contributed by atoms with Crippen LogP contribution in [0.4, 0.5) is 26.3 Å². The lowest BCUT2D eigenvalue weighted by Crippen LogP contribution is -2.13. The molecule has 0 fully saturated rings. The number of alkyl halides is 6. The molecule has 0 atom stereocenters. The number of hydrogen-bond acceptors (Lipinski definition) is 7. The maximum Gasteiger partial charge on any atom is 0.435 e. The Morgan fingerprint density at radius 2 is 1.81 bits per heavy atom. The number of carbonyl (C=O) groups is 1. The van der Waals surface area contributed by atoms with Gasteiger partial charge in [0.2, 0.25) is 5.88 Å². The zero-order valence-corrected chi connectivity index (χ0v) is 19.1. The van der Waals surface area contributed by atoms with E-state index in [0.717, 1.165) is 10.7 Å². The third kappa shape index (κ3) is 6.77. The Kier molecular flexibility index (Phi) is 7.96. The molecule has 0 spiro atoms. The number of Topliss-reactive ketones (excluding diaryl/α,β-unsaturated/α-hetero) is 1. The van der Waals surface area contributed by atoms with Gasteiger partial charge in [-0.25, -0.2) is 4.98 Å². The molecule has 3 heterocycles. The van der Waals surface area contributed by atoms with E-state index in [1.165, 1.54) is 25.4 Å². The van der Waals surface area contributed by atoms with Gasteiger partial charge < -0.3 is 9.84 Å². The van der Waals surface area contributed by atoms with E-state index in [-0.39, 0.29) is 48.6 Å². The number of aliphatic hydroxyl groups excluding tert-OH is 1. The van der Waals surface area contributed by atoms with Crippen LogP contribution in [0.5, 0.6) is 5.88 Å². The standard InChI is InChI=1S/C22H21F6N5O3/c1-12-7-14(30-31-19(12)16-11-33(2)32-20(16)22(26,27)28)3-4-15(35)8-13-9-17(21(23,24)25)29-18(10-13)36-6-5-34/h7,9-11,34H,3-6,8H2,1-2H3. The van der Waals surface area contributed by atoms with Crippen molar-refractivity contribution in [3.8, 4) is 17.1 Å². The summed E-state index contributed by atoms with van der Waals surface area (Å²) in [7, 11) is 1.35. The largest absolute Gasteiger partial charge is 0.475 e. The van der Waals surface area contributed by atoms with Crippen molar-refractivity contribution in [1.82, 2.24) is 25.0 Å². The van der Waals surface area contributed by atoms with Gasteiger partial charge in [0.05, 0.1) is 23.6 Å². The van der Waals surface area contributed by atoms with Crippen LogP contribution in [0.25, 0.3) is 11.3 Å². The molecule has 0 saturated carbocycles. The van der Waals surface area contributed by atoms with E-state index < -0.39 is 36.1 Å². The van der Waals surface area contributed by atoms with Crippen molar-refractivity contribution in [3.05, 3.63) is 52.6 Å².